The molecule has 1 aliphatic rings. The molecule has 0 radical (unpaired) electrons. The van der Waals surface area contributed by atoms with E-state index in [1.54, 1.807) is 0 Å². The van der Waals surface area contributed by atoms with E-state index in [1.165, 1.54) is 0 Å². The zero-order chi connectivity index (χ0) is 13.8. The van der Waals surface area contributed by atoms with Gasteiger partial charge in [0.25, 0.3) is 0 Å². The molecular formula is C14H18F3NO. The van der Waals surface area contributed by atoms with E-state index >= 15 is 0 Å². The summed E-state index contributed by atoms with van der Waals surface area (Å²) in [7, 11) is 0. The van der Waals surface area contributed by atoms with E-state index in [9.17, 15) is 13.2 Å². The Morgan fingerprint density at radius 1 is 1.26 bits per heavy atom. The van der Waals surface area contributed by atoms with Crippen molar-refractivity contribution in [1.29, 1.82) is 0 Å². The van der Waals surface area contributed by atoms with Crippen LogP contribution in [0.4, 0.5) is 13.2 Å². The molecule has 0 aromatic heterocycles. The minimum absolute atomic E-state index is 0.286. The standard InChI is InChI=1S/C14H18F3NO/c15-11-7-9(8-12(16)14(11)17)13(18)5-1-3-10-4-2-6-19-10/h7-8,10,13H,1-6,18H2. The van der Waals surface area contributed by atoms with Gasteiger partial charge in [0, 0.05) is 12.6 Å². The smallest absolute Gasteiger partial charge is 0.194 e. The maximum Gasteiger partial charge on any atom is 0.194 e. The number of nitrogens with two attached hydrogens (primary N) is 1. The molecule has 19 heavy (non-hydrogen) atoms. The molecule has 1 aromatic rings. The Hall–Kier alpha value is -1.07. The lowest BCUT2D eigenvalue weighted by Gasteiger charge is -2.14. The highest BCUT2D eigenvalue weighted by Crippen LogP contribution is 2.24. The molecule has 2 atom stereocenters. The van der Waals surface area contributed by atoms with Gasteiger partial charge in [-0.05, 0) is 49.8 Å². The molecule has 1 aromatic carbocycles. The van der Waals surface area contributed by atoms with Crippen molar-refractivity contribution in [2.24, 2.45) is 5.73 Å². The van der Waals surface area contributed by atoms with Gasteiger partial charge < -0.3 is 10.5 Å². The summed E-state index contributed by atoms with van der Waals surface area (Å²) in [5.41, 5.74) is 6.17. The molecule has 5 heteroatoms. The largest absolute Gasteiger partial charge is 0.378 e. The Bertz CT molecular complexity index is 410. The fraction of sp³-hybridized carbons (Fsp3) is 0.571. The van der Waals surface area contributed by atoms with Crippen molar-refractivity contribution < 1.29 is 17.9 Å². The fourth-order valence-corrected chi connectivity index (χ4v) is 2.39. The molecule has 1 aliphatic heterocycles. The molecule has 0 aliphatic carbocycles. The van der Waals surface area contributed by atoms with Crippen LogP contribution in [0.3, 0.4) is 0 Å². The normalized spacial score (nSPS) is 20.7. The first-order valence-electron chi connectivity index (χ1n) is 6.59. The molecule has 2 rings (SSSR count). The summed E-state index contributed by atoms with van der Waals surface area (Å²) < 4.78 is 44.5. The molecule has 1 fully saturated rings. The van der Waals surface area contributed by atoms with Crippen molar-refractivity contribution in [1.82, 2.24) is 0 Å². The number of rotatable bonds is 5. The maximum absolute atomic E-state index is 13.1. The van der Waals surface area contributed by atoms with Crippen molar-refractivity contribution >= 4 is 0 Å². The Kier molecular flexibility index (Phi) is 4.82. The molecule has 2 unspecified atom stereocenters. The van der Waals surface area contributed by atoms with Crippen LogP contribution in [0.1, 0.15) is 43.7 Å². The minimum Gasteiger partial charge on any atom is -0.378 e. The quantitative estimate of drug-likeness (QED) is 0.834. The van der Waals surface area contributed by atoms with Crippen LogP contribution in [0.2, 0.25) is 0 Å². The number of hydrogen-bond donors (Lipinski definition) is 1. The molecule has 2 nitrogen and oxygen atoms in total. The van der Waals surface area contributed by atoms with Crippen LogP contribution < -0.4 is 5.73 Å². The Morgan fingerprint density at radius 3 is 2.53 bits per heavy atom. The third-order valence-corrected chi connectivity index (χ3v) is 3.50. The van der Waals surface area contributed by atoms with Crippen LogP contribution in [0.25, 0.3) is 0 Å². The number of ether oxygens (including phenoxy) is 1. The molecule has 0 spiro atoms. The van der Waals surface area contributed by atoms with Gasteiger partial charge in [0.15, 0.2) is 17.5 Å². The minimum atomic E-state index is -1.45. The van der Waals surface area contributed by atoms with E-state index in [0.717, 1.165) is 44.4 Å². The molecule has 106 valence electrons. The zero-order valence-corrected chi connectivity index (χ0v) is 10.7. The predicted octanol–water partition coefficient (Wildman–Crippen LogP) is 3.45. The van der Waals surface area contributed by atoms with Crippen molar-refractivity contribution in [3.8, 4) is 0 Å². The van der Waals surface area contributed by atoms with Crippen LogP contribution in [-0.2, 0) is 4.74 Å². The van der Waals surface area contributed by atoms with E-state index in [4.69, 9.17) is 10.5 Å². The molecule has 1 saturated heterocycles. The van der Waals surface area contributed by atoms with Crippen LogP contribution >= 0.6 is 0 Å². The van der Waals surface area contributed by atoms with Gasteiger partial charge in [0.1, 0.15) is 0 Å². The van der Waals surface area contributed by atoms with E-state index in [0.29, 0.717) is 12.0 Å². The van der Waals surface area contributed by atoms with Gasteiger partial charge in [0.05, 0.1) is 6.10 Å². The summed E-state index contributed by atoms with van der Waals surface area (Å²) in [6, 6.07) is 1.45. The Morgan fingerprint density at radius 2 is 1.95 bits per heavy atom. The highest BCUT2D eigenvalue weighted by atomic mass is 19.2. The number of benzene rings is 1. The van der Waals surface area contributed by atoms with Gasteiger partial charge >= 0.3 is 0 Å². The van der Waals surface area contributed by atoms with E-state index in [1.807, 2.05) is 0 Å². The SMILES string of the molecule is NC(CCCC1CCCO1)c1cc(F)c(F)c(F)c1. The second-order valence-corrected chi connectivity index (χ2v) is 4.97. The lowest BCUT2D eigenvalue weighted by Crippen LogP contribution is -2.13. The number of hydrogen-bond acceptors (Lipinski definition) is 2. The number of halogens is 3. The lowest BCUT2D eigenvalue weighted by molar-refractivity contribution is 0.101. The van der Waals surface area contributed by atoms with Gasteiger partial charge in [-0.3, -0.25) is 0 Å². The second-order valence-electron chi connectivity index (χ2n) is 4.97. The van der Waals surface area contributed by atoms with Gasteiger partial charge in [-0.25, -0.2) is 13.2 Å². The van der Waals surface area contributed by atoms with Crippen LogP contribution in [0.15, 0.2) is 12.1 Å². The van der Waals surface area contributed by atoms with E-state index < -0.39 is 23.5 Å². The van der Waals surface area contributed by atoms with Crippen LogP contribution in [-0.4, -0.2) is 12.7 Å². The fourth-order valence-electron chi connectivity index (χ4n) is 2.39. The predicted molar refractivity (Wildman–Crippen MR) is 66.1 cm³/mol. The molecule has 0 amide bonds. The highest BCUT2D eigenvalue weighted by molar-refractivity contribution is 5.22. The zero-order valence-electron chi connectivity index (χ0n) is 10.7. The Balaban J connectivity index is 1.86. The second kappa shape index (κ2) is 6.39. The van der Waals surface area contributed by atoms with E-state index in [-0.39, 0.29) is 6.10 Å². The summed E-state index contributed by atoms with van der Waals surface area (Å²) >= 11 is 0. The highest BCUT2D eigenvalue weighted by Gasteiger charge is 2.17. The average Bonchev–Trinajstić information content (AvgIpc) is 2.88. The Labute approximate surface area is 110 Å². The first kappa shape index (κ1) is 14.3. The van der Waals surface area contributed by atoms with Gasteiger partial charge in [-0.1, -0.05) is 0 Å². The molecule has 2 N–H and O–H groups in total. The first-order valence-corrected chi connectivity index (χ1v) is 6.59. The summed E-state index contributed by atoms with van der Waals surface area (Å²) in [6.07, 6.45) is 4.77. The molecule has 1 heterocycles. The topological polar surface area (TPSA) is 35.2 Å². The van der Waals surface area contributed by atoms with E-state index in [2.05, 4.69) is 0 Å². The lowest BCUT2D eigenvalue weighted by atomic mass is 9.99. The van der Waals surface area contributed by atoms with Gasteiger partial charge in [-0.2, -0.15) is 0 Å². The van der Waals surface area contributed by atoms with Crippen molar-refractivity contribution in [2.45, 2.75) is 44.2 Å². The average molecular weight is 273 g/mol. The summed E-state index contributed by atoms with van der Waals surface area (Å²) in [5, 5.41) is 0. The first-order chi connectivity index (χ1) is 9.08. The summed E-state index contributed by atoms with van der Waals surface area (Å²) in [6.45, 7) is 0.811. The molecular weight excluding hydrogens is 255 g/mol. The van der Waals surface area contributed by atoms with Gasteiger partial charge in [0.2, 0.25) is 0 Å². The van der Waals surface area contributed by atoms with Crippen LogP contribution in [0, 0.1) is 17.5 Å². The monoisotopic (exact) mass is 273 g/mol. The van der Waals surface area contributed by atoms with Crippen molar-refractivity contribution in [3.05, 3.63) is 35.1 Å². The van der Waals surface area contributed by atoms with Gasteiger partial charge in [-0.15, -0.1) is 0 Å². The third-order valence-electron chi connectivity index (χ3n) is 3.50. The third kappa shape index (κ3) is 3.70. The summed E-state index contributed by atoms with van der Waals surface area (Å²) in [5.74, 6) is -3.83. The summed E-state index contributed by atoms with van der Waals surface area (Å²) in [4.78, 5) is 0. The molecule has 0 saturated carbocycles. The van der Waals surface area contributed by atoms with Crippen LogP contribution in [0.5, 0.6) is 0 Å². The maximum atomic E-state index is 13.1. The van der Waals surface area contributed by atoms with Crippen molar-refractivity contribution in [2.75, 3.05) is 6.61 Å². The van der Waals surface area contributed by atoms with Crippen molar-refractivity contribution in [3.63, 3.8) is 0 Å². The molecule has 0 bridgehead atoms.